The summed E-state index contributed by atoms with van der Waals surface area (Å²) in [6.45, 7) is 1.30. The number of H-pyrrole nitrogens is 1. The van der Waals surface area contributed by atoms with Gasteiger partial charge in [0, 0.05) is 24.8 Å². The molecule has 0 aliphatic heterocycles. The van der Waals surface area contributed by atoms with Crippen molar-refractivity contribution in [1.29, 1.82) is 0 Å². The molecule has 5 nitrogen and oxygen atoms in total. The Morgan fingerprint density at radius 1 is 1.26 bits per heavy atom. The van der Waals surface area contributed by atoms with E-state index in [1.165, 1.54) is 13.1 Å². The molecule has 1 atom stereocenters. The molecule has 1 heterocycles. The molecule has 1 N–H and O–H groups in total. The maximum absolute atomic E-state index is 11.7. The van der Waals surface area contributed by atoms with E-state index in [0.717, 1.165) is 0 Å². The Kier molecular flexibility index (Phi) is 5.79. The number of ether oxygens (including phenoxy) is 1. The van der Waals surface area contributed by atoms with Gasteiger partial charge in [-0.15, -0.1) is 0 Å². The van der Waals surface area contributed by atoms with Crippen molar-refractivity contribution < 1.29 is 9.53 Å². The number of alkyl halides is 3. The number of aromatic nitrogens is 3. The Hall–Kier alpha value is -1.01. The SMILES string of the molecule is CC(=O)OC(Cc1cn[nH]n1)(CC(Cl)(Cl)Cl)c1ccc(Cl)cc1. The summed E-state index contributed by atoms with van der Waals surface area (Å²) in [5, 5.41) is 10.8. The third kappa shape index (κ3) is 5.24. The second-order valence-electron chi connectivity index (χ2n) is 5.02. The topological polar surface area (TPSA) is 67.9 Å². The van der Waals surface area contributed by atoms with Crippen LogP contribution in [0, 0.1) is 0 Å². The number of hydrogen-bond acceptors (Lipinski definition) is 4. The van der Waals surface area contributed by atoms with E-state index in [1.807, 2.05) is 0 Å². The fourth-order valence-electron chi connectivity index (χ4n) is 2.35. The number of nitrogens with zero attached hydrogens (tertiary/aromatic N) is 2. The highest BCUT2D eigenvalue weighted by molar-refractivity contribution is 6.67. The van der Waals surface area contributed by atoms with Crippen molar-refractivity contribution >= 4 is 52.4 Å². The Labute approximate surface area is 153 Å². The van der Waals surface area contributed by atoms with Crippen LogP contribution in [-0.2, 0) is 21.6 Å². The third-order valence-corrected chi connectivity index (χ3v) is 3.78. The van der Waals surface area contributed by atoms with Crippen molar-refractivity contribution in [2.24, 2.45) is 0 Å². The average molecular weight is 397 g/mol. The Balaban J connectivity index is 2.51. The fourth-order valence-corrected chi connectivity index (χ4v) is 3.13. The average Bonchev–Trinajstić information content (AvgIpc) is 2.89. The lowest BCUT2D eigenvalue weighted by Crippen LogP contribution is -2.38. The van der Waals surface area contributed by atoms with Crippen molar-refractivity contribution in [3.63, 3.8) is 0 Å². The van der Waals surface area contributed by atoms with Gasteiger partial charge in [0.2, 0.25) is 0 Å². The highest BCUT2D eigenvalue weighted by atomic mass is 35.6. The van der Waals surface area contributed by atoms with Gasteiger partial charge in [0.1, 0.15) is 5.60 Å². The number of aromatic amines is 1. The molecule has 124 valence electrons. The first-order valence-electron chi connectivity index (χ1n) is 6.57. The lowest BCUT2D eigenvalue weighted by Gasteiger charge is -2.35. The van der Waals surface area contributed by atoms with Crippen LogP contribution in [0.15, 0.2) is 30.5 Å². The summed E-state index contributed by atoms with van der Waals surface area (Å²) >= 11 is 23.9. The van der Waals surface area contributed by atoms with Gasteiger partial charge in [0.05, 0.1) is 11.9 Å². The highest BCUT2D eigenvalue weighted by Gasteiger charge is 2.43. The summed E-state index contributed by atoms with van der Waals surface area (Å²) in [4.78, 5) is 11.7. The van der Waals surface area contributed by atoms with Crippen molar-refractivity contribution in [2.45, 2.75) is 29.2 Å². The molecule has 23 heavy (non-hydrogen) atoms. The zero-order valence-corrected chi connectivity index (χ0v) is 15.0. The molecule has 0 saturated heterocycles. The molecule has 0 amide bonds. The van der Waals surface area contributed by atoms with Crippen LogP contribution in [0.5, 0.6) is 0 Å². The number of rotatable bonds is 5. The Morgan fingerprint density at radius 3 is 2.39 bits per heavy atom. The van der Waals surface area contributed by atoms with E-state index >= 15 is 0 Å². The molecular weight excluding hydrogens is 384 g/mol. The minimum absolute atomic E-state index is 0.0568. The van der Waals surface area contributed by atoms with Crippen LogP contribution in [-0.4, -0.2) is 25.2 Å². The van der Waals surface area contributed by atoms with Crippen LogP contribution in [0.3, 0.4) is 0 Å². The van der Waals surface area contributed by atoms with E-state index in [4.69, 9.17) is 51.1 Å². The van der Waals surface area contributed by atoms with Gasteiger partial charge in [-0.25, -0.2) is 0 Å². The minimum Gasteiger partial charge on any atom is -0.454 e. The van der Waals surface area contributed by atoms with Gasteiger partial charge in [0.25, 0.3) is 0 Å². The number of benzene rings is 1. The molecule has 0 aliphatic carbocycles. The summed E-state index contributed by atoms with van der Waals surface area (Å²) in [5.74, 6) is -0.502. The van der Waals surface area contributed by atoms with E-state index in [1.54, 1.807) is 24.3 Å². The lowest BCUT2D eigenvalue weighted by molar-refractivity contribution is -0.159. The molecule has 1 aromatic carbocycles. The summed E-state index contributed by atoms with van der Waals surface area (Å²) in [6, 6.07) is 6.80. The van der Waals surface area contributed by atoms with Crippen molar-refractivity contribution in [1.82, 2.24) is 15.4 Å². The van der Waals surface area contributed by atoms with Gasteiger partial charge in [0.15, 0.2) is 3.79 Å². The monoisotopic (exact) mass is 395 g/mol. The second kappa shape index (κ2) is 7.26. The standard InChI is InChI=1S/C14H13Cl4N3O2/c1-9(22)23-13(8-14(16,17)18,6-12-7-19-21-20-12)10-2-4-11(15)5-3-10/h2-5,7H,6,8H2,1H3,(H,19,20,21). The summed E-state index contributed by atoms with van der Waals surface area (Å²) in [5.41, 5.74) is 0.000293. The van der Waals surface area contributed by atoms with Gasteiger partial charge in [-0.05, 0) is 17.7 Å². The van der Waals surface area contributed by atoms with E-state index < -0.39 is 15.4 Å². The number of nitrogens with one attached hydrogen (secondary N) is 1. The lowest BCUT2D eigenvalue weighted by atomic mass is 9.86. The zero-order chi connectivity index (χ0) is 17.1. The van der Waals surface area contributed by atoms with Crippen molar-refractivity contribution in [3.05, 3.63) is 46.7 Å². The maximum Gasteiger partial charge on any atom is 0.303 e. The molecule has 0 fully saturated rings. The van der Waals surface area contributed by atoms with Crippen LogP contribution in [0.25, 0.3) is 0 Å². The van der Waals surface area contributed by atoms with Crippen molar-refractivity contribution in [2.75, 3.05) is 0 Å². The van der Waals surface area contributed by atoms with Crippen LogP contribution in [0.2, 0.25) is 5.02 Å². The highest BCUT2D eigenvalue weighted by Crippen LogP contribution is 2.44. The van der Waals surface area contributed by atoms with Crippen LogP contribution in [0.4, 0.5) is 0 Å². The first kappa shape index (κ1) is 18.3. The Bertz CT molecular complexity index is 656. The van der Waals surface area contributed by atoms with E-state index in [0.29, 0.717) is 16.3 Å². The minimum atomic E-state index is -1.64. The molecule has 0 radical (unpaired) electrons. The van der Waals surface area contributed by atoms with Crippen LogP contribution < -0.4 is 0 Å². The first-order chi connectivity index (χ1) is 10.7. The molecule has 0 bridgehead atoms. The summed E-state index contributed by atoms with van der Waals surface area (Å²) < 4.78 is 3.96. The van der Waals surface area contributed by atoms with E-state index in [-0.39, 0.29) is 12.8 Å². The fraction of sp³-hybridized carbons (Fsp3) is 0.357. The number of carbonyl (C=O) groups is 1. The Morgan fingerprint density at radius 2 is 1.91 bits per heavy atom. The third-order valence-electron chi connectivity index (χ3n) is 3.13. The van der Waals surface area contributed by atoms with Crippen LogP contribution >= 0.6 is 46.4 Å². The predicted octanol–water partition coefficient (Wildman–Crippen LogP) is 4.22. The number of halogens is 4. The van der Waals surface area contributed by atoms with Crippen molar-refractivity contribution in [3.8, 4) is 0 Å². The van der Waals surface area contributed by atoms with E-state index in [9.17, 15) is 4.79 Å². The van der Waals surface area contributed by atoms with E-state index in [2.05, 4.69) is 15.4 Å². The molecule has 0 spiro atoms. The molecule has 2 aromatic rings. The smallest absolute Gasteiger partial charge is 0.303 e. The summed E-state index contributed by atoms with van der Waals surface area (Å²) in [6.07, 6.45) is 1.66. The molecule has 0 saturated carbocycles. The number of carbonyl (C=O) groups excluding carboxylic acids is 1. The summed E-state index contributed by atoms with van der Waals surface area (Å²) in [7, 11) is 0. The predicted molar refractivity (Wildman–Crippen MR) is 89.9 cm³/mol. The quantitative estimate of drug-likeness (QED) is 0.606. The zero-order valence-electron chi connectivity index (χ0n) is 12.0. The van der Waals surface area contributed by atoms with Gasteiger partial charge in [-0.2, -0.15) is 15.4 Å². The normalized spacial score (nSPS) is 14.3. The molecule has 1 unspecified atom stereocenters. The molecule has 2 rings (SSSR count). The van der Waals surface area contributed by atoms with Gasteiger partial charge >= 0.3 is 5.97 Å². The molecule has 9 heteroatoms. The van der Waals surface area contributed by atoms with Crippen LogP contribution in [0.1, 0.15) is 24.6 Å². The largest absolute Gasteiger partial charge is 0.454 e. The second-order valence-corrected chi connectivity index (χ2v) is 7.98. The molecular formula is C14H13Cl4N3O2. The first-order valence-corrected chi connectivity index (χ1v) is 8.08. The number of esters is 1. The molecule has 1 aromatic heterocycles. The van der Waals surface area contributed by atoms with Gasteiger partial charge in [-0.3, -0.25) is 4.79 Å². The van der Waals surface area contributed by atoms with Gasteiger partial charge < -0.3 is 4.74 Å². The molecule has 0 aliphatic rings. The number of hydrogen-bond donors (Lipinski definition) is 1. The maximum atomic E-state index is 11.7. The van der Waals surface area contributed by atoms with Gasteiger partial charge in [-0.1, -0.05) is 58.5 Å².